The summed E-state index contributed by atoms with van der Waals surface area (Å²) in [6, 6.07) is 4.99. The van der Waals surface area contributed by atoms with Crippen molar-refractivity contribution in [3.05, 3.63) is 18.2 Å². The first-order chi connectivity index (χ1) is 7.66. The van der Waals surface area contributed by atoms with E-state index in [1.54, 1.807) is 18.2 Å². The zero-order valence-electron chi connectivity index (χ0n) is 8.78. The average molecular weight is 221 g/mol. The molecule has 5 heteroatoms. The van der Waals surface area contributed by atoms with Crippen LogP contribution in [0.1, 0.15) is 6.92 Å². The molecule has 0 aromatic heterocycles. The average Bonchev–Trinajstić information content (AvgIpc) is 2.28. The van der Waals surface area contributed by atoms with Crippen molar-refractivity contribution in [1.29, 1.82) is 0 Å². The number of rotatable bonds is 2. The number of anilines is 1. The second kappa shape index (κ2) is 4.22. The monoisotopic (exact) mass is 221 g/mol. The van der Waals surface area contributed by atoms with Crippen molar-refractivity contribution in [3.63, 3.8) is 0 Å². The van der Waals surface area contributed by atoms with Crippen LogP contribution in [0, 0.1) is 0 Å². The number of Topliss-reactive ketones (excluding diaryl/α,β-unsaturated/α-hetero) is 1. The van der Waals surface area contributed by atoms with Crippen molar-refractivity contribution in [1.82, 2.24) is 0 Å². The van der Waals surface area contributed by atoms with Gasteiger partial charge >= 0.3 is 0 Å². The topological polar surface area (TPSA) is 64.6 Å². The van der Waals surface area contributed by atoms with Gasteiger partial charge in [0.2, 0.25) is 5.78 Å². The van der Waals surface area contributed by atoms with Crippen LogP contribution in [0.3, 0.4) is 0 Å². The van der Waals surface area contributed by atoms with Gasteiger partial charge in [0.25, 0.3) is 5.91 Å². The SMILES string of the molecule is CC(=O)C(=O)Nc1ccc2c(c1)OCCO2. The van der Waals surface area contributed by atoms with Gasteiger partial charge in [-0.1, -0.05) is 0 Å². The van der Waals surface area contributed by atoms with Gasteiger partial charge in [-0.25, -0.2) is 0 Å². The maximum atomic E-state index is 11.1. The minimum Gasteiger partial charge on any atom is -0.486 e. The highest BCUT2D eigenvalue weighted by Gasteiger charge is 2.13. The lowest BCUT2D eigenvalue weighted by Crippen LogP contribution is -2.20. The van der Waals surface area contributed by atoms with Crippen molar-refractivity contribution in [2.75, 3.05) is 18.5 Å². The lowest BCUT2D eigenvalue weighted by molar-refractivity contribution is -0.133. The Hall–Kier alpha value is -2.04. The van der Waals surface area contributed by atoms with Crippen LogP contribution in [-0.4, -0.2) is 24.9 Å². The maximum absolute atomic E-state index is 11.1. The number of ether oxygens (including phenoxy) is 2. The molecule has 1 aromatic rings. The number of carbonyl (C=O) groups is 2. The molecule has 1 aromatic carbocycles. The highest BCUT2D eigenvalue weighted by atomic mass is 16.6. The predicted octanol–water partition coefficient (Wildman–Crippen LogP) is 0.985. The van der Waals surface area contributed by atoms with Crippen molar-refractivity contribution in [3.8, 4) is 11.5 Å². The number of fused-ring (bicyclic) bond motifs is 1. The molecule has 5 nitrogen and oxygen atoms in total. The van der Waals surface area contributed by atoms with E-state index in [2.05, 4.69) is 5.32 Å². The Morgan fingerprint density at radius 3 is 2.56 bits per heavy atom. The maximum Gasteiger partial charge on any atom is 0.291 e. The highest BCUT2D eigenvalue weighted by molar-refractivity contribution is 6.39. The molecule has 0 unspecified atom stereocenters. The van der Waals surface area contributed by atoms with Gasteiger partial charge in [-0.05, 0) is 12.1 Å². The smallest absolute Gasteiger partial charge is 0.291 e. The molecule has 16 heavy (non-hydrogen) atoms. The van der Waals surface area contributed by atoms with Crippen LogP contribution in [0.4, 0.5) is 5.69 Å². The zero-order valence-corrected chi connectivity index (χ0v) is 8.78. The number of ketones is 1. The van der Waals surface area contributed by atoms with Crippen LogP contribution in [0.2, 0.25) is 0 Å². The molecule has 84 valence electrons. The summed E-state index contributed by atoms with van der Waals surface area (Å²) < 4.78 is 10.7. The fraction of sp³-hybridized carbons (Fsp3) is 0.273. The van der Waals surface area contributed by atoms with Gasteiger partial charge in [-0.15, -0.1) is 0 Å². The second-order valence-corrected chi connectivity index (χ2v) is 3.37. The lowest BCUT2D eigenvalue weighted by atomic mass is 10.2. The van der Waals surface area contributed by atoms with Gasteiger partial charge in [0.1, 0.15) is 13.2 Å². The Balaban J connectivity index is 2.17. The minimum absolute atomic E-state index is 0.483. The third-order valence-corrected chi connectivity index (χ3v) is 2.12. The molecule has 0 atom stereocenters. The number of hydrogen-bond donors (Lipinski definition) is 1. The quantitative estimate of drug-likeness (QED) is 0.756. The Labute approximate surface area is 92.4 Å². The molecule has 0 bridgehead atoms. The molecule has 1 aliphatic heterocycles. The fourth-order valence-corrected chi connectivity index (χ4v) is 1.34. The van der Waals surface area contributed by atoms with Gasteiger partial charge in [-0.3, -0.25) is 9.59 Å². The summed E-state index contributed by atoms with van der Waals surface area (Å²) in [5.41, 5.74) is 0.518. The van der Waals surface area contributed by atoms with E-state index in [-0.39, 0.29) is 0 Å². The van der Waals surface area contributed by atoms with Crippen LogP contribution < -0.4 is 14.8 Å². The van der Waals surface area contributed by atoms with Crippen LogP contribution >= 0.6 is 0 Å². The lowest BCUT2D eigenvalue weighted by Gasteiger charge is -2.18. The molecule has 0 radical (unpaired) electrons. The van der Waals surface area contributed by atoms with Gasteiger partial charge < -0.3 is 14.8 Å². The summed E-state index contributed by atoms with van der Waals surface area (Å²) in [7, 11) is 0. The molecule has 0 saturated carbocycles. The molecular weight excluding hydrogens is 210 g/mol. The minimum atomic E-state index is -0.642. The van der Waals surface area contributed by atoms with E-state index in [0.717, 1.165) is 0 Å². The van der Waals surface area contributed by atoms with E-state index in [1.165, 1.54) is 6.92 Å². The van der Waals surface area contributed by atoms with Crippen LogP contribution in [0.5, 0.6) is 11.5 Å². The van der Waals surface area contributed by atoms with E-state index in [0.29, 0.717) is 30.4 Å². The van der Waals surface area contributed by atoms with Gasteiger partial charge in [0.05, 0.1) is 0 Å². The molecule has 0 saturated heterocycles. The number of hydrogen-bond acceptors (Lipinski definition) is 4. The van der Waals surface area contributed by atoms with Crippen LogP contribution in [-0.2, 0) is 9.59 Å². The Morgan fingerprint density at radius 1 is 1.19 bits per heavy atom. The summed E-state index contributed by atoms with van der Waals surface area (Å²) in [6.07, 6.45) is 0. The summed E-state index contributed by atoms with van der Waals surface area (Å²) >= 11 is 0. The Kier molecular flexibility index (Phi) is 2.76. The molecular formula is C11H11NO4. The predicted molar refractivity (Wildman–Crippen MR) is 56.7 cm³/mol. The summed E-state index contributed by atoms with van der Waals surface area (Å²) in [4.78, 5) is 21.9. The molecule has 0 spiro atoms. The fourth-order valence-electron chi connectivity index (χ4n) is 1.34. The largest absolute Gasteiger partial charge is 0.486 e. The summed E-state index contributed by atoms with van der Waals surface area (Å²) in [6.45, 7) is 2.22. The first-order valence-electron chi connectivity index (χ1n) is 4.88. The molecule has 1 aliphatic rings. The molecule has 0 fully saturated rings. The number of carbonyl (C=O) groups excluding carboxylic acids is 2. The zero-order chi connectivity index (χ0) is 11.5. The molecule has 0 aliphatic carbocycles. The van der Waals surface area contributed by atoms with E-state index < -0.39 is 11.7 Å². The van der Waals surface area contributed by atoms with Gasteiger partial charge in [-0.2, -0.15) is 0 Å². The van der Waals surface area contributed by atoms with E-state index in [4.69, 9.17) is 9.47 Å². The van der Waals surface area contributed by atoms with Crippen molar-refractivity contribution in [2.45, 2.75) is 6.92 Å². The van der Waals surface area contributed by atoms with Crippen molar-refractivity contribution in [2.24, 2.45) is 0 Å². The summed E-state index contributed by atoms with van der Waals surface area (Å²) in [5.74, 6) is 0.0474. The first-order valence-corrected chi connectivity index (χ1v) is 4.88. The van der Waals surface area contributed by atoms with E-state index >= 15 is 0 Å². The van der Waals surface area contributed by atoms with Crippen molar-refractivity contribution < 1.29 is 19.1 Å². The first kappa shape index (κ1) is 10.5. The molecule has 1 heterocycles. The Morgan fingerprint density at radius 2 is 1.88 bits per heavy atom. The Bertz CT molecular complexity index is 442. The van der Waals surface area contributed by atoms with Crippen LogP contribution in [0.25, 0.3) is 0 Å². The van der Waals surface area contributed by atoms with Crippen molar-refractivity contribution >= 4 is 17.4 Å². The normalized spacial score (nSPS) is 13.1. The third kappa shape index (κ3) is 2.13. The van der Waals surface area contributed by atoms with Crippen LogP contribution in [0.15, 0.2) is 18.2 Å². The third-order valence-electron chi connectivity index (χ3n) is 2.12. The van der Waals surface area contributed by atoms with E-state index in [1.807, 2.05) is 0 Å². The summed E-state index contributed by atoms with van der Waals surface area (Å²) in [5, 5.41) is 2.47. The number of benzene rings is 1. The standard InChI is InChI=1S/C11H11NO4/c1-7(13)11(14)12-8-2-3-9-10(6-8)16-5-4-15-9/h2-3,6H,4-5H2,1H3,(H,12,14). The highest BCUT2D eigenvalue weighted by Crippen LogP contribution is 2.32. The van der Waals surface area contributed by atoms with E-state index in [9.17, 15) is 9.59 Å². The number of nitrogens with one attached hydrogen (secondary N) is 1. The van der Waals surface area contributed by atoms with Gasteiger partial charge in [0.15, 0.2) is 11.5 Å². The molecule has 1 N–H and O–H groups in total. The van der Waals surface area contributed by atoms with Gasteiger partial charge in [0, 0.05) is 18.7 Å². The second-order valence-electron chi connectivity index (χ2n) is 3.37. The number of amides is 1. The molecule has 1 amide bonds. The molecule has 2 rings (SSSR count).